The van der Waals surface area contributed by atoms with Gasteiger partial charge < -0.3 is 10.0 Å². The maximum Gasteiger partial charge on any atom is 0.257 e. The smallest absolute Gasteiger partial charge is 0.257 e. The number of phenols is 1. The molecule has 0 radical (unpaired) electrons. The molecule has 1 amide bonds. The first-order valence-corrected chi connectivity index (χ1v) is 9.12. The number of halogens is 1. The van der Waals surface area contributed by atoms with Crippen molar-refractivity contribution in [2.24, 2.45) is 0 Å². The number of nitrogens with zero attached hydrogens (tertiary/aromatic N) is 3. The fourth-order valence-electron chi connectivity index (χ4n) is 3.02. The van der Waals surface area contributed by atoms with E-state index in [4.69, 9.17) is 11.6 Å². The van der Waals surface area contributed by atoms with Crippen LogP contribution in [-0.2, 0) is 6.54 Å². The van der Waals surface area contributed by atoms with Crippen molar-refractivity contribution in [3.63, 3.8) is 0 Å². The van der Waals surface area contributed by atoms with Gasteiger partial charge >= 0.3 is 0 Å². The van der Waals surface area contributed by atoms with Crippen molar-refractivity contribution in [1.82, 2.24) is 14.7 Å². The summed E-state index contributed by atoms with van der Waals surface area (Å²) in [6.45, 7) is 4.53. The van der Waals surface area contributed by atoms with E-state index in [-0.39, 0.29) is 17.6 Å². The van der Waals surface area contributed by atoms with Crippen LogP contribution in [-0.4, -0.2) is 32.7 Å². The van der Waals surface area contributed by atoms with Crippen molar-refractivity contribution in [3.05, 3.63) is 76.6 Å². The molecule has 5 nitrogen and oxygen atoms in total. The number of carbonyl (C=O) groups excluding carboxylic acids is 1. The van der Waals surface area contributed by atoms with Gasteiger partial charge in [0.05, 0.1) is 23.1 Å². The van der Waals surface area contributed by atoms with Gasteiger partial charge in [0.25, 0.3) is 5.91 Å². The molecule has 2 aromatic carbocycles. The van der Waals surface area contributed by atoms with E-state index in [2.05, 4.69) is 5.10 Å². The Kier molecular flexibility index (Phi) is 5.51. The molecule has 6 heteroatoms. The molecule has 1 heterocycles. The second kappa shape index (κ2) is 7.84. The van der Waals surface area contributed by atoms with Crippen molar-refractivity contribution >= 4 is 17.5 Å². The summed E-state index contributed by atoms with van der Waals surface area (Å²) in [6.07, 6.45) is 1.62. The van der Waals surface area contributed by atoms with Gasteiger partial charge in [0.15, 0.2) is 0 Å². The quantitative estimate of drug-likeness (QED) is 0.699. The second-order valence-corrected chi connectivity index (χ2v) is 7.25. The molecule has 0 aliphatic heterocycles. The van der Waals surface area contributed by atoms with Gasteiger partial charge in [-0.05, 0) is 47.9 Å². The number of amides is 1. The summed E-state index contributed by atoms with van der Waals surface area (Å²) in [5.74, 6) is 0.232. The number of carbonyl (C=O) groups is 1. The normalized spacial score (nSPS) is 11.0. The zero-order chi connectivity index (χ0) is 19.6. The average Bonchev–Trinajstić information content (AvgIpc) is 3.09. The first-order valence-electron chi connectivity index (χ1n) is 8.74. The zero-order valence-electron chi connectivity index (χ0n) is 15.6. The van der Waals surface area contributed by atoms with E-state index in [1.807, 2.05) is 26.0 Å². The van der Waals surface area contributed by atoms with Gasteiger partial charge in [0, 0.05) is 18.6 Å². The van der Waals surface area contributed by atoms with E-state index in [0.717, 1.165) is 16.9 Å². The minimum atomic E-state index is -0.0908. The second-order valence-electron chi connectivity index (χ2n) is 6.81. The van der Waals surface area contributed by atoms with Crippen LogP contribution in [0.4, 0.5) is 0 Å². The Morgan fingerprint density at radius 2 is 1.78 bits per heavy atom. The zero-order valence-corrected chi connectivity index (χ0v) is 16.3. The predicted octanol–water partition coefficient (Wildman–Crippen LogP) is 4.63. The Labute approximate surface area is 163 Å². The molecule has 3 rings (SSSR count). The Bertz CT molecular complexity index is 931. The van der Waals surface area contributed by atoms with Gasteiger partial charge in [0.1, 0.15) is 5.75 Å². The topological polar surface area (TPSA) is 58.4 Å². The highest BCUT2D eigenvalue weighted by atomic mass is 35.5. The summed E-state index contributed by atoms with van der Waals surface area (Å²) in [4.78, 5) is 14.7. The van der Waals surface area contributed by atoms with Gasteiger partial charge in [-0.15, -0.1) is 0 Å². The molecule has 1 aromatic heterocycles. The van der Waals surface area contributed by atoms with Crippen LogP contribution in [0.5, 0.6) is 5.75 Å². The van der Waals surface area contributed by atoms with E-state index in [1.54, 1.807) is 59.2 Å². The van der Waals surface area contributed by atoms with Crippen LogP contribution >= 0.6 is 11.6 Å². The Hall–Kier alpha value is -2.79. The number of aromatic hydroxyl groups is 1. The lowest BCUT2D eigenvalue weighted by atomic mass is 10.0. The number of hydrogen-bond acceptors (Lipinski definition) is 3. The summed E-state index contributed by atoms with van der Waals surface area (Å²) in [5.41, 5.74) is 3.25. The molecule has 0 spiro atoms. The molecular formula is C21H22ClN3O2. The van der Waals surface area contributed by atoms with Crippen molar-refractivity contribution < 1.29 is 9.90 Å². The van der Waals surface area contributed by atoms with Crippen molar-refractivity contribution in [3.8, 4) is 11.4 Å². The summed E-state index contributed by atoms with van der Waals surface area (Å²) >= 11 is 5.98. The highest BCUT2D eigenvalue weighted by Gasteiger charge is 2.23. The minimum Gasteiger partial charge on any atom is -0.508 e. The average molecular weight is 384 g/mol. The van der Waals surface area contributed by atoms with Crippen LogP contribution in [0.15, 0.2) is 54.7 Å². The van der Waals surface area contributed by atoms with Gasteiger partial charge in [-0.3, -0.25) is 4.79 Å². The van der Waals surface area contributed by atoms with Crippen molar-refractivity contribution in [1.29, 1.82) is 0 Å². The lowest BCUT2D eigenvalue weighted by Gasteiger charge is -2.19. The van der Waals surface area contributed by atoms with Gasteiger partial charge in [0.2, 0.25) is 0 Å². The van der Waals surface area contributed by atoms with Crippen molar-refractivity contribution in [2.75, 3.05) is 7.05 Å². The van der Waals surface area contributed by atoms with Crippen LogP contribution in [0.2, 0.25) is 5.02 Å². The Balaban J connectivity index is 1.90. The van der Waals surface area contributed by atoms with E-state index in [1.165, 1.54) is 0 Å². The summed E-state index contributed by atoms with van der Waals surface area (Å²) < 4.78 is 1.79. The third-order valence-electron chi connectivity index (χ3n) is 4.36. The lowest BCUT2D eigenvalue weighted by molar-refractivity contribution is 0.0783. The highest BCUT2D eigenvalue weighted by molar-refractivity contribution is 6.30. The van der Waals surface area contributed by atoms with E-state index in [0.29, 0.717) is 17.1 Å². The maximum atomic E-state index is 13.0. The van der Waals surface area contributed by atoms with E-state index < -0.39 is 0 Å². The molecule has 0 saturated heterocycles. The standard InChI is InChI=1S/C21H22ClN3O2/c1-14(2)20-19(12-23-25(20)17-8-6-16(22)7-9-17)21(27)24(3)13-15-4-10-18(26)11-5-15/h4-12,14,26H,13H2,1-3H3. The van der Waals surface area contributed by atoms with Gasteiger partial charge in [-0.1, -0.05) is 37.6 Å². The van der Waals surface area contributed by atoms with Crippen LogP contribution in [0, 0.1) is 0 Å². The molecule has 0 atom stereocenters. The number of aromatic nitrogens is 2. The highest BCUT2D eigenvalue weighted by Crippen LogP contribution is 2.25. The van der Waals surface area contributed by atoms with Crippen LogP contribution < -0.4 is 0 Å². The van der Waals surface area contributed by atoms with Crippen LogP contribution in [0.1, 0.15) is 41.4 Å². The molecule has 0 aliphatic carbocycles. The van der Waals surface area contributed by atoms with Gasteiger partial charge in [-0.2, -0.15) is 5.10 Å². The molecule has 0 bridgehead atoms. The van der Waals surface area contributed by atoms with Crippen molar-refractivity contribution in [2.45, 2.75) is 26.3 Å². The molecule has 27 heavy (non-hydrogen) atoms. The molecule has 0 saturated carbocycles. The summed E-state index contributed by atoms with van der Waals surface area (Å²) in [6, 6.07) is 14.2. The lowest BCUT2D eigenvalue weighted by Crippen LogP contribution is -2.27. The summed E-state index contributed by atoms with van der Waals surface area (Å²) in [5, 5.41) is 14.5. The molecule has 0 unspecified atom stereocenters. The summed E-state index contributed by atoms with van der Waals surface area (Å²) in [7, 11) is 1.76. The van der Waals surface area contributed by atoms with Crippen LogP contribution in [0.25, 0.3) is 5.69 Å². The monoisotopic (exact) mass is 383 g/mol. The first kappa shape index (κ1) is 19.0. The number of phenolic OH excluding ortho intramolecular Hbond substituents is 1. The number of benzene rings is 2. The predicted molar refractivity (Wildman–Crippen MR) is 107 cm³/mol. The fraction of sp³-hybridized carbons (Fsp3) is 0.238. The first-order chi connectivity index (χ1) is 12.9. The molecule has 0 aliphatic rings. The third kappa shape index (κ3) is 4.14. The largest absolute Gasteiger partial charge is 0.508 e. The SMILES string of the molecule is CC(C)c1c(C(=O)N(C)Cc2ccc(O)cc2)cnn1-c1ccc(Cl)cc1. The molecule has 140 valence electrons. The molecule has 1 N–H and O–H groups in total. The Morgan fingerprint density at radius 1 is 1.15 bits per heavy atom. The number of hydrogen-bond donors (Lipinski definition) is 1. The fourth-order valence-corrected chi connectivity index (χ4v) is 3.14. The third-order valence-corrected chi connectivity index (χ3v) is 4.61. The van der Waals surface area contributed by atoms with E-state index >= 15 is 0 Å². The minimum absolute atomic E-state index is 0.0908. The van der Waals surface area contributed by atoms with Crippen LogP contribution in [0.3, 0.4) is 0 Å². The maximum absolute atomic E-state index is 13.0. The molecule has 0 fully saturated rings. The Morgan fingerprint density at radius 3 is 2.37 bits per heavy atom. The molecule has 3 aromatic rings. The molecular weight excluding hydrogens is 362 g/mol. The van der Waals surface area contributed by atoms with E-state index in [9.17, 15) is 9.90 Å². The van der Waals surface area contributed by atoms with Gasteiger partial charge in [-0.25, -0.2) is 4.68 Å². The number of rotatable bonds is 5.